The topological polar surface area (TPSA) is 98.2 Å². The number of imide groups is 1. The number of carbonyl (C=O) groups excluding carboxylic acids is 2. The zero-order chi connectivity index (χ0) is 13.8. The van der Waals surface area contributed by atoms with Gasteiger partial charge in [-0.3, -0.25) is 14.9 Å². The van der Waals surface area contributed by atoms with Crippen LogP contribution < -0.4 is 11.1 Å². The van der Waals surface area contributed by atoms with Gasteiger partial charge in [0.25, 0.3) is 5.91 Å². The van der Waals surface area contributed by atoms with Gasteiger partial charge >= 0.3 is 0 Å². The number of thioether (sulfide) groups is 1. The van der Waals surface area contributed by atoms with Crippen molar-refractivity contribution in [2.24, 2.45) is 0 Å². The molecule has 0 unspecified atom stereocenters. The van der Waals surface area contributed by atoms with Gasteiger partial charge in [0.1, 0.15) is 0 Å². The number of rotatable bonds is 4. The maximum absolute atomic E-state index is 11.6. The molecule has 0 aliphatic rings. The number of thiazole rings is 1. The number of aromatic nitrogens is 1. The lowest BCUT2D eigenvalue weighted by Crippen LogP contribution is -2.31. The smallest absolute Gasteiger partial charge is 0.293 e. The van der Waals surface area contributed by atoms with Crippen molar-refractivity contribution in [2.45, 2.75) is 11.1 Å². The van der Waals surface area contributed by atoms with E-state index in [4.69, 9.17) is 10.2 Å². The van der Waals surface area contributed by atoms with Crippen LogP contribution in [0.15, 0.2) is 27.0 Å². The Kier molecular flexibility index (Phi) is 4.23. The van der Waals surface area contributed by atoms with E-state index in [1.807, 2.05) is 6.92 Å². The first-order chi connectivity index (χ1) is 9.06. The molecule has 2 aromatic heterocycles. The van der Waals surface area contributed by atoms with E-state index in [1.54, 1.807) is 6.07 Å². The second-order valence-electron chi connectivity index (χ2n) is 3.57. The molecule has 2 amide bonds. The summed E-state index contributed by atoms with van der Waals surface area (Å²) in [7, 11) is 0. The number of anilines is 1. The Morgan fingerprint density at radius 3 is 2.95 bits per heavy atom. The van der Waals surface area contributed by atoms with Crippen LogP contribution in [0.25, 0.3) is 0 Å². The number of carbonyl (C=O) groups is 2. The SMILES string of the molecule is Cc1nc(N)sc1SCC(=O)NC(=O)c1ccco1. The van der Waals surface area contributed by atoms with E-state index in [0.717, 1.165) is 9.90 Å². The molecule has 6 nitrogen and oxygen atoms in total. The van der Waals surface area contributed by atoms with E-state index in [0.29, 0.717) is 5.13 Å². The Labute approximate surface area is 117 Å². The number of nitrogens with one attached hydrogen (secondary N) is 1. The third kappa shape index (κ3) is 3.58. The highest BCUT2D eigenvalue weighted by atomic mass is 32.2. The van der Waals surface area contributed by atoms with Gasteiger partial charge < -0.3 is 10.2 Å². The Bertz CT molecular complexity index is 592. The van der Waals surface area contributed by atoms with Gasteiger partial charge in [-0.1, -0.05) is 11.3 Å². The minimum Gasteiger partial charge on any atom is -0.459 e. The van der Waals surface area contributed by atoms with Gasteiger partial charge in [-0.05, 0) is 19.1 Å². The summed E-state index contributed by atoms with van der Waals surface area (Å²) in [6.45, 7) is 1.82. The van der Waals surface area contributed by atoms with Gasteiger partial charge in [0.05, 0.1) is 21.9 Å². The van der Waals surface area contributed by atoms with Crippen LogP contribution in [0.2, 0.25) is 0 Å². The van der Waals surface area contributed by atoms with Crippen molar-refractivity contribution in [1.29, 1.82) is 0 Å². The highest BCUT2D eigenvalue weighted by Crippen LogP contribution is 2.30. The summed E-state index contributed by atoms with van der Waals surface area (Å²) in [4.78, 5) is 27.2. The summed E-state index contributed by atoms with van der Waals surface area (Å²) >= 11 is 2.62. The van der Waals surface area contributed by atoms with Crippen molar-refractivity contribution in [3.8, 4) is 0 Å². The molecule has 0 aliphatic carbocycles. The molecule has 0 saturated heterocycles. The van der Waals surface area contributed by atoms with Gasteiger partial charge in [0.2, 0.25) is 5.91 Å². The zero-order valence-electron chi connectivity index (χ0n) is 10.0. The van der Waals surface area contributed by atoms with Crippen molar-refractivity contribution in [2.75, 3.05) is 11.5 Å². The van der Waals surface area contributed by atoms with E-state index in [-0.39, 0.29) is 11.5 Å². The molecular weight excluding hydrogens is 286 g/mol. The summed E-state index contributed by atoms with van der Waals surface area (Å²) in [6.07, 6.45) is 1.37. The number of furan rings is 1. The monoisotopic (exact) mass is 297 g/mol. The number of hydrogen-bond donors (Lipinski definition) is 2. The van der Waals surface area contributed by atoms with E-state index in [2.05, 4.69) is 10.3 Å². The van der Waals surface area contributed by atoms with E-state index < -0.39 is 11.8 Å². The summed E-state index contributed by atoms with van der Waals surface area (Å²) in [5, 5.41) is 2.70. The minimum absolute atomic E-state index is 0.108. The lowest BCUT2D eigenvalue weighted by Gasteiger charge is -2.01. The number of aryl methyl sites for hydroxylation is 1. The van der Waals surface area contributed by atoms with Crippen LogP contribution in [0, 0.1) is 6.92 Å². The normalized spacial score (nSPS) is 10.4. The molecule has 0 atom stereocenters. The van der Waals surface area contributed by atoms with Crippen molar-refractivity contribution in [1.82, 2.24) is 10.3 Å². The van der Waals surface area contributed by atoms with Crippen LogP contribution in [-0.4, -0.2) is 22.6 Å². The third-order valence-corrected chi connectivity index (χ3v) is 4.45. The van der Waals surface area contributed by atoms with Gasteiger partial charge in [-0.2, -0.15) is 0 Å². The average Bonchev–Trinajstić information content (AvgIpc) is 2.96. The maximum Gasteiger partial charge on any atom is 0.293 e. The summed E-state index contributed by atoms with van der Waals surface area (Å²) in [5.41, 5.74) is 6.35. The summed E-state index contributed by atoms with van der Waals surface area (Å²) < 4.78 is 5.76. The minimum atomic E-state index is -0.545. The molecule has 100 valence electrons. The average molecular weight is 297 g/mol. The Hall–Kier alpha value is -1.80. The summed E-state index contributed by atoms with van der Waals surface area (Å²) in [5.74, 6) is -0.708. The van der Waals surface area contributed by atoms with E-state index in [9.17, 15) is 9.59 Å². The third-order valence-electron chi connectivity index (χ3n) is 2.10. The number of amides is 2. The van der Waals surface area contributed by atoms with Crippen LogP contribution in [0.3, 0.4) is 0 Å². The molecule has 2 heterocycles. The van der Waals surface area contributed by atoms with Crippen LogP contribution in [0.5, 0.6) is 0 Å². The number of nitrogen functional groups attached to an aromatic ring is 1. The Balaban J connectivity index is 1.85. The lowest BCUT2D eigenvalue weighted by atomic mass is 10.4. The molecule has 2 aromatic rings. The fourth-order valence-corrected chi connectivity index (χ4v) is 3.12. The quantitative estimate of drug-likeness (QED) is 0.833. The first-order valence-corrected chi connectivity index (χ1v) is 7.10. The number of nitrogens with zero attached hydrogens (tertiary/aromatic N) is 1. The van der Waals surface area contributed by atoms with Gasteiger partial charge in [0, 0.05) is 0 Å². The molecule has 2 rings (SSSR count). The zero-order valence-corrected chi connectivity index (χ0v) is 11.6. The molecule has 19 heavy (non-hydrogen) atoms. The molecule has 0 saturated carbocycles. The molecule has 0 aliphatic heterocycles. The lowest BCUT2D eigenvalue weighted by molar-refractivity contribution is -0.117. The van der Waals surface area contributed by atoms with Crippen molar-refractivity contribution < 1.29 is 14.0 Å². The highest BCUT2D eigenvalue weighted by molar-refractivity contribution is 8.01. The van der Waals surface area contributed by atoms with Crippen LogP contribution in [0.1, 0.15) is 16.2 Å². The predicted molar refractivity (Wildman–Crippen MR) is 73.2 cm³/mol. The van der Waals surface area contributed by atoms with Crippen LogP contribution >= 0.6 is 23.1 Å². The van der Waals surface area contributed by atoms with Crippen molar-refractivity contribution >= 4 is 40.0 Å². The molecule has 0 bridgehead atoms. The largest absolute Gasteiger partial charge is 0.459 e. The standard InChI is InChI=1S/C11H11N3O3S2/c1-6-10(19-11(12)13-6)18-5-8(15)14-9(16)7-3-2-4-17-7/h2-4H,5H2,1H3,(H2,12,13)(H,14,15,16). The summed E-state index contributed by atoms with van der Waals surface area (Å²) in [6, 6.07) is 3.07. The van der Waals surface area contributed by atoms with Gasteiger partial charge in [0.15, 0.2) is 10.9 Å². The first kappa shape index (κ1) is 13.6. The fraction of sp³-hybridized carbons (Fsp3) is 0.182. The Morgan fingerprint density at radius 1 is 1.58 bits per heavy atom. The second-order valence-corrected chi connectivity index (χ2v) is 5.84. The molecule has 0 fully saturated rings. The number of nitrogens with two attached hydrogens (primary N) is 1. The molecule has 0 radical (unpaired) electrons. The first-order valence-electron chi connectivity index (χ1n) is 5.29. The van der Waals surface area contributed by atoms with E-state index >= 15 is 0 Å². The maximum atomic E-state index is 11.6. The number of hydrogen-bond acceptors (Lipinski definition) is 7. The highest BCUT2D eigenvalue weighted by Gasteiger charge is 2.14. The molecular formula is C11H11N3O3S2. The van der Waals surface area contributed by atoms with Gasteiger partial charge in [-0.25, -0.2) is 4.98 Å². The molecule has 0 aromatic carbocycles. The second kappa shape index (κ2) is 5.89. The van der Waals surface area contributed by atoms with Gasteiger partial charge in [-0.15, -0.1) is 11.8 Å². The predicted octanol–water partition coefficient (Wildman–Crippen LogP) is 1.68. The van der Waals surface area contributed by atoms with Crippen LogP contribution in [-0.2, 0) is 4.79 Å². The van der Waals surface area contributed by atoms with Crippen LogP contribution in [0.4, 0.5) is 5.13 Å². The van der Waals surface area contributed by atoms with Crippen molar-refractivity contribution in [3.63, 3.8) is 0 Å². The Morgan fingerprint density at radius 2 is 2.37 bits per heavy atom. The molecule has 3 N–H and O–H groups in total. The van der Waals surface area contributed by atoms with Crippen molar-refractivity contribution in [3.05, 3.63) is 29.9 Å². The molecule has 8 heteroatoms. The van der Waals surface area contributed by atoms with E-state index in [1.165, 1.54) is 35.4 Å². The fourth-order valence-electron chi connectivity index (χ4n) is 1.30. The molecule has 0 spiro atoms.